The Bertz CT molecular complexity index is 938. The highest BCUT2D eigenvalue weighted by Gasteiger charge is 2.35. The van der Waals surface area contributed by atoms with Crippen LogP contribution in [0.5, 0.6) is 5.75 Å². The van der Waals surface area contributed by atoms with E-state index >= 15 is 0 Å². The predicted molar refractivity (Wildman–Crippen MR) is 98.9 cm³/mol. The number of nitrogens with zero attached hydrogens (tertiary/aromatic N) is 2. The zero-order valence-corrected chi connectivity index (χ0v) is 14.7. The van der Waals surface area contributed by atoms with Crippen LogP contribution in [0.15, 0.2) is 54.1 Å². The molecule has 0 radical (unpaired) electrons. The Morgan fingerprint density at radius 1 is 1.11 bits per heavy atom. The van der Waals surface area contributed by atoms with Gasteiger partial charge in [-0.3, -0.25) is 25.1 Å². The highest BCUT2D eigenvalue weighted by Crippen LogP contribution is 2.34. The molecule has 1 N–H and O–H groups in total. The lowest BCUT2D eigenvalue weighted by Gasteiger charge is -2.14. The summed E-state index contributed by atoms with van der Waals surface area (Å²) in [4.78, 5) is 35.7. The number of carbonyl (C=O) groups excluding carboxylic acids is 2. The molecule has 0 aromatic heterocycles. The van der Waals surface area contributed by atoms with Crippen LogP contribution in [0.1, 0.15) is 19.4 Å². The molecule has 8 nitrogen and oxygen atoms in total. The first-order valence-electron chi connectivity index (χ1n) is 8.24. The Morgan fingerprint density at radius 3 is 2.44 bits per heavy atom. The molecule has 2 aromatic carbocycles. The zero-order chi connectivity index (χ0) is 19.6. The molecule has 0 aliphatic carbocycles. The van der Waals surface area contributed by atoms with Gasteiger partial charge < -0.3 is 4.74 Å². The van der Waals surface area contributed by atoms with Crippen molar-refractivity contribution in [1.82, 2.24) is 5.43 Å². The first kappa shape index (κ1) is 18.1. The number of benzene rings is 2. The maximum absolute atomic E-state index is 12.7. The molecule has 1 heterocycles. The minimum absolute atomic E-state index is 0.0174. The molecule has 1 saturated heterocycles. The highest BCUT2D eigenvalue weighted by atomic mass is 16.6. The predicted octanol–water partition coefficient (Wildman–Crippen LogP) is 2.84. The number of hydrogen-bond acceptors (Lipinski definition) is 5. The Hall–Kier alpha value is -3.68. The molecular formula is C19H17N3O5. The molecule has 1 aliphatic rings. The molecule has 2 aromatic rings. The van der Waals surface area contributed by atoms with Crippen molar-refractivity contribution in [3.8, 4) is 5.75 Å². The van der Waals surface area contributed by atoms with Crippen LogP contribution in [0.2, 0.25) is 0 Å². The van der Waals surface area contributed by atoms with Gasteiger partial charge in [-0.1, -0.05) is 30.3 Å². The normalized spacial score (nSPS) is 15.4. The fourth-order valence-corrected chi connectivity index (χ4v) is 2.64. The van der Waals surface area contributed by atoms with E-state index in [-0.39, 0.29) is 28.7 Å². The molecule has 3 rings (SSSR count). The van der Waals surface area contributed by atoms with E-state index in [0.29, 0.717) is 5.69 Å². The number of anilines is 1. The molecule has 2 amide bonds. The average Bonchev–Trinajstić information content (AvgIpc) is 2.91. The van der Waals surface area contributed by atoms with E-state index in [2.05, 4.69) is 5.43 Å². The van der Waals surface area contributed by atoms with Gasteiger partial charge in [0, 0.05) is 11.6 Å². The molecule has 27 heavy (non-hydrogen) atoms. The van der Waals surface area contributed by atoms with Crippen LogP contribution in [0.4, 0.5) is 11.4 Å². The second-order valence-corrected chi connectivity index (χ2v) is 6.09. The van der Waals surface area contributed by atoms with Crippen LogP contribution in [0.25, 0.3) is 6.08 Å². The Labute approximate surface area is 155 Å². The molecule has 0 spiro atoms. The fourth-order valence-electron chi connectivity index (χ4n) is 2.64. The van der Waals surface area contributed by atoms with Gasteiger partial charge in [0.05, 0.1) is 16.7 Å². The number of rotatable bonds is 5. The second-order valence-electron chi connectivity index (χ2n) is 6.09. The third kappa shape index (κ3) is 3.64. The number of para-hydroxylation sites is 2. The topological polar surface area (TPSA) is 102 Å². The standard InChI is InChI=1S/C19H17N3O5/c1-12(2)27-17-13(7-6-10-16(17)22(25)26)11-15-18(23)20-21(19(15)24)14-8-4-3-5-9-14/h3-12H,1-2H3,(H,20,23)/b15-11-. The van der Waals surface area contributed by atoms with Crippen LogP contribution >= 0.6 is 0 Å². The van der Waals surface area contributed by atoms with Crippen LogP contribution in [-0.2, 0) is 9.59 Å². The van der Waals surface area contributed by atoms with Crippen LogP contribution in [-0.4, -0.2) is 22.8 Å². The van der Waals surface area contributed by atoms with Crippen molar-refractivity contribution in [2.75, 3.05) is 5.01 Å². The molecule has 138 valence electrons. The summed E-state index contributed by atoms with van der Waals surface area (Å²) in [6.07, 6.45) is 0.989. The van der Waals surface area contributed by atoms with Crippen LogP contribution in [0.3, 0.4) is 0 Å². The van der Waals surface area contributed by atoms with E-state index < -0.39 is 16.7 Å². The van der Waals surface area contributed by atoms with Gasteiger partial charge >= 0.3 is 5.69 Å². The summed E-state index contributed by atoms with van der Waals surface area (Å²) < 4.78 is 5.59. The number of hydrazine groups is 1. The average molecular weight is 367 g/mol. The maximum atomic E-state index is 12.7. The molecule has 0 bridgehead atoms. The van der Waals surface area contributed by atoms with Crippen molar-refractivity contribution in [2.24, 2.45) is 0 Å². The fraction of sp³-hybridized carbons (Fsp3) is 0.158. The Morgan fingerprint density at radius 2 is 1.81 bits per heavy atom. The van der Waals surface area contributed by atoms with Crippen molar-refractivity contribution in [2.45, 2.75) is 20.0 Å². The van der Waals surface area contributed by atoms with Crippen molar-refractivity contribution in [1.29, 1.82) is 0 Å². The molecule has 1 aliphatic heterocycles. The number of nitro benzene ring substituents is 1. The van der Waals surface area contributed by atoms with Crippen molar-refractivity contribution < 1.29 is 19.2 Å². The van der Waals surface area contributed by atoms with E-state index in [1.807, 2.05) is 0 Å². The first-order chi connectivity index (χ1) is 12.9. The number of hydrogen-bond donors (Lipinski definition) is 1. The van der Waals surface area contributed by atoms with Gasteiger partial charge in [-0.25, -0.2) is 5.01 Å². The lowest BCUT2D eigenvalue weighted by atomic mass is 10.1. The van der Waals surface area contributed by atoms with E-state index in [9.17, 15) is 19.7 Å². The molecule has 8 heteroatoms. The minimum atomic E-state index is -0.592. The van der Waals surface area contributed by atoms with E-state index in [0.717, 1.165) is 5.01 Å². The number of amides is 2. The van der Waals surface area contributed by atoms with Gasteiger partial charge in [0.1, 0.15) is 5.57 Å². The summed E-state index contributed by atoms with van der Waals surface area (Å²) in [5.74, 6) is -1.12. The molecule has 1 fully saturated rings. The van der Waals surface area contributed by atoms with Gasteiger partial charge in [0.25, 0.3) is 11.8 Å². The van der Waals surface area contributed by atoms with Gasteiger partial charge in [-0.05, 0) is 32.1 Å². The van der Waals surface area contributed by atoms with Gasteiger partial charge in [0.15, 0.2) is 0 Å². The monoisotopic (exact) mass is 367 g/mol. The largest absolute Gasteiger partial charge is 0.484 e. The Kier molecular flexibility index (Phi) is 4.89. The third-order valence-electron chi connectivity index (χ3n) is 3.78. The summed E-state index contributed by atoms with van der Waals surface area (Å²) in [5.41, 5.74) is 2.92. The first-order valence-corrected chi connectivity index (χ1v) is 8.24. The molecule has 0 atom stereocenters. The van der Waals surface area contributed by atoms with E-state index in [1.165, 1.54) is 18.2 Å². The summed E-state index contributed by atoms with van der Waals surface area (Å²) in [5, 5.41) is 12.4. The summed E-state index contributed by atoms with van der Waals surface area (Å²) >= 11 is 0. The van der Waals surface area contributed by atoms with Crippen molar-refractivity contribution in [3.05, 3.63) is 69.8 Å². The lowest BCUT2D eigenvalue weighted by molar-refractivity contribution is -0.386. The quantitative estimate of drug-likeness (QED) is 0.379. The minimum Gasteiger partial charge on any atom is -0.484 e. The third-order valence-corrected chi connectivity index (χ3v) is 3.78. The number of carbonyl (C=O) groups is 2. The maximum Gasteiger partial charge on any atom is 0.311 e. The van der Waals surface area contributed by atoms with Crippen molar-refractivity contribution >= 4 is 29.3 Å². The Balaban J connectivity index is 2.04. The molecule has 0 unspecified atom stereocenters. The summed E-state index contributed by atoms with van der Waals surface area (Å²) in [7, 11) is 0. The van der Waals surface area contributed by atoms with Crippen LogP contribution < -0.4 is 15.2 Å². The zero-order valence-electron chi connectivity index (χ0n) is 14.7. The second kappa shape index (κ2) is 7.28. The van der Waals surface area contributed by atoms with Gasteiger partial charge in [-0.15, -0.1) is 0 Å². The van der Waals surface area contributed by atoms with Crippen LogP contribution in [0, 0.1) is 10.1 Å². The lowest BCUT2D eigenvalue weighted by Crippen LogP contribution is -2.35. The number of nitrogens with one attached hydrogen (secondary N) is 1. The molecular weight excluding hydrogens is 350 g/mol. The number of nitro groups is 1. The smallest absolute Gasteiger partial charge is 0.311 e. The van der Waals surface area contributed by atoms with Gasteiger partial charge in [0.2, 0.25) is 5.75 Å². The SMILES string of the molecule is CC(C)Oc1c(/C=C2/C(=O)NN(c3ccccc3)C2=O)cccc1[N+](=O)[O-]. The number of ether oxygens (including phenoxy) is 1. The van der Waals surface area contributed by atoms with Crippen molar-refractivity contribution in [3.63, 3.8) is 0 Å². The van der Waals surface area contributed by atoms with E-state index in [4.69, 9.17) is 4.74 Å². The summed E-state index contributed by atoms with van der Waals surface area (Å²) in [6.45, 7) is 3.47. The van der Waals surface area contributed by atoms with E-state index in [1.54, 1.807) is 50.2 Å². The summed E-state index contributed by atoms with van der Waals surface area (Å²) in [6, 6.07) is 13.0. The molecule has 0 saturated carbocycles. The van der Waals surface area contributed by atoms with Gasteiger partial charge in [-0.2, -0.15) is 0 Å². The highest BCUT2D eigenvalue weighted by molar-refractivity contribution is 6.31.